The fraction of sp³-hybridized carbons (Fsp3) is 0.188. The van der Waals surface area contributed by atoms with E-state index in [4.69, 9.17) is 0 Å². The molecule has 5 heteroatoms. The van der Waals surface area contributed by atoms with Crippen molar-refractivity contribution in [3.63, 3.8) is 0 Å². The molecule has 2 rings (SSSR count). The molecule has 0 aromatic heterocycles. The summed E-state index contributed by atoms with van der Waals surface area (Å²) >= 11 is 0. The van der Waals surface area contributed by atoms with Crippen molar-refractivity contribution in [3.8, 4) is 0 Å². The quantitative estimate of drug-likeness (QED) is 0.677. The molecule has 1 amide bonds. The van der Waals surface area contributed by atoms with Gasteiger partial charge in [0.2, 0.25) is 0 Å². The highest BCUT2D eigenvalue weighted by molar-refractivity contribution is 5.94. The number of amides is 1. The van der Waals surface area contributed by atoms with Crippen LogP contribution in [0.5, 0.6) is 0 Å². The Morgan fingerprint density at radius 2 is 1.76 bits per heavy atom. The number of nitrogens with zero attached hydrogens (tertiary/aromatic N) is 1. The molecule has 1 N–H and O–H groups in total. The minimum atomic E-state index is -0.487. The van der Waals surface area contributed by atoms with Crippen molar-refractivity contribution in [3.05, 3.63) is 75.8 Å². The minimum Gasteiger partial charge on any atom is -0.351 e. The van der Waals surface area contributed by atoms with Gasteiger partial charge in [0.05, 0.1) is 4.92 Å². The first-order valence-corrected chi connectivity index (χ1v) is 6.65. The summed E-state index contributed by atoms with van der Waals surface area (Å²) < 4.78 is 0. The van der Waals surface area contributed by atoms with Crippen LogP contribution in [0.15, 0.2) is 54.6 Å². The third kappa shape index (κ3) is 3.89. The van der Waals surface area contributed by atoms with Crippen molar-refractivity contribution >= 4 is 11.6 Å². The summed E-state index contributed by atoms with van der Waals surface area (Å²) in [5, 5.41) is 13.4. The minimum absolute atomic E-state index is 0.0239. The lowest BCUT2D eigenvalue weighted by molar-refractivity contribution is -0.384. The first-order valence-electron chi connectivity index (χ1n) is 6.65. The van der Waals surface area contributed by atoms with E-state index in [1.807, 2.05) is 37.3 Å². The smallest absolute Gasteiger partial charge is 0.269 e. The SMILES string of the molecule is C[C@H](CNC(=O)c1ccc([N+](=O)[O-])cc1)c1ccccc1. The normalized spacial score (nSPS) is 11.7. The van der Waals surface area contributed by atoms with Crippen molar-refractivity contribution < 1.29 is 9.72 Å². The Kier molecular flexibility index (Phi) is 4.66. The number of carbonyl (C=O) groups excluding carboxylic acids is 1. The van der Waals surface area contributed by atoms with Gasteiger partial charge in [0.15, 0.2) is 0 Å². The number of rotatable bonds is 5. The zero-order chi connectivity index (χ0) is 15.2. The lowest BCUT2D eigenvalue weighted by atomic mass is 10.0. The van der Waals surface area contributed by atoms with Crippen LogP contribution in [0.3, 0.4) is 0 Å². The molecule has 0 spiro atoms. The van der Waals surface area contributed by atoms with Crippen LogP contribution in [0.2, 0.25) is 0 Å². The van der Waals surface area contributed by atoms with Gasteiger partial charge < -0.3 is 5.32 Å². The molecular formula is C16H16N2O3. The lowest BCUT2D eigenvalue weighted by Crippen LogP contribution is -2.27. The molecular weight excluding hydrogens is 268 g/mol. The van der Waals surface area contributed by atoms with Crippen LogP contribution < -0.4 is 5.32 Å². The van der Waals surface area contributed by atoms with E-state index < -0.39 is 4.92 Å². The first kappa shape index (κ1) is 14.7. The number of nitro benzene ring substituents is 1. The number of non-ortho nitro benzene ring substituents is 1. The van der Waals surface area contributed by atoms with E-state index in [2.05, 4.69) is 5.32 Å². The molecule has 108 valence electrons. The highest BCUT2D eigenvalue weighted by atomic mass is 16.6. The van der Waals surface area contributed by atoms with Crippen LogP contribution in [0, 0.1) is 10.1 Å². The van der Waals surface area contributed by atoms with E-state index in [0.717, 1.165) is 5.56 Å². The highest BCUT2D eigenvalue weighted by Crippen LogP contribution is 2.14. The standard InChI is InChI=1S/C16H16N2O3/c1-12(13-5-3-2-4-6-13)11-17-16(19)14-7-9-15(10-8-14)18(20)21/h2-10,12H,11H2,1H3,(H,17,19)/t12-/m1/s1. The van der Waals surface area contributed by atoms with Gasteiger partial charge in [-0.25, -0.2) is 0 Å². The number of hydrogen-bond acceptors (Lipinski definition) is 3. The zero-order valence-corrected chi connectivity index (χ0v) is 11.7. The second kappa shape index (κ2) is 6.65. The van der Waals surface area contributed by atoms with Crippen LogP contribution >= 0.6 is 0 Å². The second-order valence-corrected chi connectivity index (χ2v) is 4.83. The highest BCUT2D eigenvalue weighted by Gasteiger charge is 2.11. The van der Waals surface area contributed by atoms with E-state index >= 15 is 0 Å². The van der Waals surface area contributed by atoms with Crippen molar-refractivity contribution in [2.45, 2.75) is 12.8 Å². The molecule has 0 radical (unpaired) electrons. The molecule has 0 bridgehead atoms. The summed E-state index contributed by atoms with van der Waals surface area (Å²) in [6.45, 7) is 2.55. The molecule has 0 heterocycles. The molecule has 0 fully saturated rings. The molecule has 0 saturated heterocycles. The maximum absolute atomic E-state index is 12.0. The molecule has 5 nitrogen and oxygen atoms in total. The van der Waals surface area contributed by atoms with Crippen molar-refractivity contribution in [1.82, 2.24) is 5.32 Å². The molecule has 1 atom stereocenters. The van der Waals surface area contributed by atoms with E-state index in [9.17, 15) is 14.9 Å². The summed E-state index contributed by atoms with van der Waals surface area (Å²) in [7, 11) is 0. The largest absolute Gasteiger partial charge is 0.351 e. The third-order valence-electron chi connectivity index (χ3n) is 3.28. The van der Waals surface area contributed by atoms with Crippen LogP contribution in [0.1, 0.15) is 28.8 Å². The Labute approximate surface area is 122 Å². The Morgan fingerprint density at radius 1 is 1.14 bits per heavy atom. The van der Waals surface area contributed by atoms with Crippen LogP contribution in [0.4, 0.5) is 5.69 Å². The zero-order valence-electron chi connectivity index (χ0n) is 11.7. The van der Waals surface area contributed by atoms with E-state index in [1.54, 1.807) is 0 Å². The first-order chi connectivity index (χ1) is 10.1. The molecule has 2 aromatic rings. The van der Waals surface area contributed by atoms with Gasteiger partial charge in [0.1, 0.15) is 0 Å². The van der Waals surface area contributed by atoms with E-state index in [0.29, 0.717) is 12.1 Å². The Hall–Kier alpha value is -2.69. The van der Waals surface area contributed by atoms with Crippen LogP contribution in [-0.2, 0) is 0 Å². The number of carbonyl (C=O) groups is 1. The Balaban J connectivity index is 1.94. The fourth-order valence-electron chi connectivity index (χ4n) is 1.98. The predicted octanol–water partition coefficient (Wildman–Crippen LogP) is 3.13. The van der Waals surface area contributed by atoms with E-state index in [1.165, 1.54) is 24.3 Å². The molecule has 0 aliphatic carbocycles. The van der Waals surface area contributed by atoms with Crippen molar-refractivity contribution in [1.29, 1.82) is 0 Å². The summed E-state index contributed by atoms with van der Waals surface area (Å²) in [6, 6.07) is 15.5. The topological polar surface area (TPSA) is 72.2 Å². The average molecular weight is 284 g/mol. The van der Waals surface area contributed by atoms with Gasteiger partial charge in [-0.05, 0) is 23.6 Å². The second-order valence-electron chi connectivity index (χ2n) is 4.83. The fourth-order valence-corrected chi connectivity index (χ4v) is 1.98. The van der Waals surface area contributed by atoms with Gasteiger partial charge in [0, 0.05) is 24.2 Å². The molecule has 0 unspecified atom stereocenters. The summed E-state index contributed by atoms with van der Waals surface area (Å²) in [6.07, 6.45) is 0. The molecule has 2 aromatic carbocycles. The summed E-state index contributed by atoms with van der Waals surface area (Å²) in [5.41, 5.74) is 1.55. The number of hydrogen-bond donors (Lipinski definition) is 1. The number of nitro groups is 1. The van der Waals surface area contributed by atoms with E-state index in [-0.39, 0.29) is 17.5 Å². The third-order valence-corrected chi connectivity index (χ3v) is 3.28. The van der Waals surface area contributed by atoms with Gasteiger partial charge in [0.25, 0.3) is 11.6 Å². The number of benzene rings is 2. The maximum Gasteiger partial charge on any atom is 0.269 e. The lowest BCUT2D eigenvalue weighted by Gasteiger charge is -2.13. The van der Waals surface area contributed by atoms with Gasteiger partial charge in [-0.3, -0.25) is 14.9 Å². The molecule has 0 saturated carbocycles. The van der Waals surface area contributed by atoms with Crippen molar-refractivity contribution in [2.75, 3.05) is 6.54 Å². The van der Waals surface area contributed by atoms with Gasteiger partial charge in [-0.2, -0.15) is 0 Å². The van der Waals surface area contributed by atoms with Crippen LogP contribution in [-0.4, -0.2) is 17.4 Å². The van der Waals surface area contributed by atoms with Crippen LogP contribution in [0.25, 0.3) is 0 Å². The Morgan fingerprint density at radius 3 is 2.33 bits per heavy atom. The Bertz CT molecular complexity index is 624. The van der Waals surface area contributed by atoms with Gasteiger partial charge in [-0.15, -0.1) is 0 Å². The maximum atomic E-state index is 12.0. The molecule has 21 heavy (non-hydrogen) atoms. The monoisotopic (exact) mass is 284 g/mol. The average Bonchev–Trinajstić information content (AvgIpc) is 2.53. The number of nitrogens with one attached hydrogen (secondary N) is 1. The summed E-state index contributed by atoms with van der Waals surface area (Å²) in [5.74, 6) is -0.0270. The summed E-state index contributed by atoms with van der Waals surface area (Å²) in [4.78, 5) is 22.1. The predicted molar refractivity (Wildman–Crippen MR) is 80.3 cm³/mol. The van der Waals surface area contributed by atoms with Gasteiger partial charge >= 0.3 is 0 Å². The molecule has 0 aliphatic heterocycles. The van der Waals surface area contributed by atoms with Gasteiger partial charge in [-0.1, -0.05) is 37.3 Å². The van der Waals surface area contributed by atoms with Crippen molar-refractivity contribution in [2.24, 2.45) is 0 Å². The molecule has 0 aliphatic rings.